The van der Waals surface area contributed by atoms with Gasteiger partial charge in [0.15, 0.2) is 0 Å². The quantitative estimate of drug-likeness (QED) is 0.403. The molecule has 1 N–H and O–H groups in total. The Labute approximate surface area is 84.6 Å². The van der Waals surface area contributed by atoms with Crippen molar-refractivity contribution in [1.82, 2.24) is 5.32 Å². The normalized spacial score (nSPS) is 11.2. The molecule has 0 fully saturated rings. The van der Waals surface area contributed by atoms with E-state index in [0.717, 1.165) is 0 Å². The number of rotatable bonds is 5. The third-order valence-electron chi connectivity index (χ3n) is 1.46. The van der Waals surface area contributed by atoms with E-state index in [1.165, 1.54) is 0 Å². The number of nitrogens with zero attached hydrogens (tertiary/aromatic N) is 1. The Hall–Kier alpha value is -1.34. The van der Waals surface area contributed by atoms with Crippen LogP contribution in [0.15, 0.2) is 11.6 Å². The Bertz CT molecular complexity index is 251. The Morgan fingerprint density at radius 3 is 2.71 bits per heavy atom. The minimum absolute atomic E-state index is 0.163. The van der Waals surface area contributed by atoms with Crippen LogP contribution in [0.5, 0.6) is 0 Å². The molecule has 0 aromatic heterocycles. The zero-order chi connectivity index (χ0) is 11.0. The number of amides is 1. The molecule has 0 heterocycles. The summed E-state index contributed by atoms with van der Waals surface area (Å²) in [5.41, 5.74) is 0.163. The maximum absolute atomic E-state index is 11.3. The van der Waals surface area contributed by atoms with E-state index in [2.05, 4.69) is 5.32 Å². The molecule has 0 aromatic carbocycles. The molecule has 0 spiro atoms. The van der Waals surface area contributed by atoms with Crippen LogP contribution in [0.25, 0.3) is 0 Å². The van der Waals surface area contributed by atoms with E-state index in [4.69, 9.17) is 10.00 Å². The summed E-state index contributed by atoms with van der Waals surface area (Å²) >= 11 is 0. The second-order valence-electron chi connectivity index (χ2n) is 3.18. The molecule has 0 aliphatic carbocycles. The maximum Gasteiger partial charge on any atom is 0.261 e. The number of nitriles is 1. The summed E-state index contributed by atoms with van der Waals surface area (Å²) in [5, 5.41) is 11.3. The lowest BCUT2D eigenvalue weighted by atomic mass is 10.1. The average molecular weight is 196 g/mol. The van der Waals surface area contributed by atoms with Crippen molar-refractivity contribution in [2.45, 2.75) is 13.8 Å². The SMILES string of the molecule is COCCNC(=O)/C(C#N)=C/C(C)C. The summed E-state index contributed by atoms with van der Waals surface area (Å²) in [6.07, 6.45) is 1.64. The van der Waals surface area contributed by atoms with Crippen LogP contribution < -0.4 is 5.32 Å². The molecule has 0 aromatic rings. The van der Waals surface area contributed by atoms with Gasteiger partial charge in [0.2, 0.25) is 0 Å². The van der Waals surface area contributed by atoms with Crippen molar-refractivity contribution < 1.29 is 9.53 Å². The van der Waals surface area contributed by atoms with Gasteiger partial charge in [-0.15, -0.1) is 0 Å². The highest BCUT2D eigenvalue weighted by Crippen LogP contribution is 2.01. The van der Waals surface area contributed by atoms with E-state index in [1.807, 2.05) is 19.9 Å². The number of hydrogen-bond acceptors (Lipinski definition) is 3. The van der Waals surface area contributed by atoms with Gasteiger partial charge in [-0.2, -0.15) is 5.26 Å². The largest absolute Gasteiger partial charge is 0.383 e. The van der Waals surface area contributed by atoms with Crippen LogP contribution in [0.1, 0.15) is 13.8 Å². The van der Waals surface area contributed by atoms with Crippen LogP contribution in [0, 0.1) is 17.2 Å². The van der Waals surface area contributed by atoms with Crippen molar-refractivity contribution in [2.24, 2.45) is 5.92 Å². The van der Waals surface area contributed by atoms with E-state index in [0.29, 0.717) is 13.2 Å². The molecule has 4 nitrogen and oxygen atoms in total. The average Bonchev–Trinajstić information content (AvgIpc) is 2.14. The molecule has 14 heavy (non-hydrogen) atoms. The lowest BCUT2D eigenvalue weighted by molar-refractivity contribution is -0.117. The number of allylic oxidation sites excluding steroid dienone is 1. The molecule has 0 aliphatic rings. The van der Waals surface area contributed by atoms with E-state index in [1.54, 1.807) is 13.2 Å². The standard InChI is InChI=1S/C10H16N2O2/c1-8(2)6-9(7-11)10(13)12-4-5-14-3/h6,8H,4-5H2,1-3H3,(H,12,13)/b9-6+. The summed E-state index contributed by atoms with van der Waals surface area (Å²) in [6, 6.07) is 1.87. The zero-order valence-corrected chi connectivity index (χ0v) is 8.83. The number of ether oxygens (including phenoxy) is 1. The van der Waals surface area contributed by atoms with E-state index in [-0.39, 0.29) is 17.4 Å². The molecule has 0 radical (unpaired) electrons. The molecule has 0 atom stereocenters. The molecule has 0 unspecified atom stereocenters. The third-order valence-corrected chi connectivity index (χ3v) is 1.46. The Morgan fingerprint density at radius 1 is 1.64 bits per heavy atom. The molecular formula is C10H16N2O2. The van der Waals surface area contributed by atoms with Crippen LogP contribution in [0.2, 0.25) is 0 Å². The molecule has 0 saturated carbocycles. The van der Waals surface area contributed by atoms with Gasteiger partial charge in [0.25, 0.3) is 5.91 Å². The first-order chi connectivity index (χ1) is 6.61. The van der Waals surface area contributed by atoms with Gasteiger partial charge in [0.05, 0.1) is 6.61 Å². The summed E-state index contributed by atoms with van der Waals surface area (Å²) in [4.78, 5) is 11.3. The fourth-order valence-electron chi connectivity index (χ4n) is 0.859. The fraction of sp³-hybridized carbons (Fsp3) is 0.600. The molecule has 1 amide bonds. The maximum atomic E-state index is 11.3. The minimum Gasteiger partial charge on any atom is -0.383 e. The number of carbonyl (C=O) groups is 1. The second-order valence-corrected chi connectivity index (χ2v) is 3.18. The lowest BCUT2D eigenvalue weighted by Gasteiger charge is -2.03. The van der Waals surface area contributed by atoms with Crippen molar-refractivity contribution in [1.29, 1.82) is 5.26 Å². The highest BCUT2D eigenvalue weighted by molar-refractivity contribution is 5.97. The fourth-order valence-corrected chi connectivity index (χ4v) is 0.859. The van der Waals surface area contributed by atoms with Crippen molar-refractivity contribution in [2.75, 3.05) is 20.3 Å². The van der Waals surface area contributed by atoms with Crippen molar-refractivity contribution >= 4 is 5.91 Å². The van der Waals surface area contributed by atoms with Gasteiger partial charge in [-0.1, -0.05) is 19.9 Å². The van der Waals surface area contributed by atoms with Crippen LogP contribution in [0.4, 0.5) is 0 Å². The van der Waals surface area contributed by atoms with Gasteiger partial charge in [-0.05, 0) is 5.92 Å². The second kappa shape index (κ2) is 7.10. The summed E-state index contributed by atoms with van der Waals surface area (Å²) in [7, 11) is 1.56. The Balaban J connectivity index is 4.14. The topological polar surface area (TPSA) is 62.1 Å². The van der Waals surface area contributed by atoms with Crippen LogP contribution in [-0.2, 0) is 9.53 Å². The number of carbonyl (C=O) groups excluding carboxylic acids is 1. The highest BCUT2D eigenvalue weighted by atomic mass is 16.5. The molecule has 0 bridgehead atoms. The predicted octanol–water partition coefficient (Wildman–Crippen LogP) is 0.855. The lowest BCUT2D eigenvalue weighted by Crippen LogP contribution is -2.28. The summed E-state index contributed by atoms with van der Waals surface area (Å²) in [5.74, 6) is -0.143. The molecule has 4 heteroatoms. The van der Waals surface area contributed by atoms with Gasteiger partial charge in [0, 0.05) is 13.7 Å². The van der Waals surface area contributed by atoms with Crippen LogP contribution in [-0.4, -0.2) is 26.2 Å². The third kappa shape index (κ3) is 5.33. The first-order valence-corrected chi connectivity index (χ1v) is 4.50. The van der Waals surface area contributed by atoms with Crippen molar-refractivity contribution in [3.05, 3.63) is 11.6 Å². The van der Waals surface area contributed by atoms with E-state index < -0.39 is 0 Å². The molecule has 0 rings (SSSR count). The van der Waals surface area contributed by atoms with Gasteiger partial charge in [-0.25, -0.2) is 0 Å². The Kier molecular flexibility index (Phi) is 6.42. The predicted molar refractivity (Wildman–Crippen MR) is 53.4 cm³/mol. The summed E-state index contributed by atoms with van der Waals surface area (Å²) in [6.45, 7) is 4.71. The van der Waals surface area contributed by atoms with Crippen molar-refractivity contribution in [3.8, 4) is 6.07 Å². The first kappa shape index (κ1) is 12.7. The molecule has 78 valence electrons. The van der Waals surface area contributed by atoms with Gasteiger partial charge in [-0.3, -0.25) is 4.79 Å². The first-order valence-electron chi connectivity index (χ1n) is 4.50. The van der Waals surface area contributed by atoms with Gasteiger partial charge in [0.1, 0.15) is 11.6 Å². The highest BCUT2D eigenvalue weighted by Gasteiger charge is 2.07. The smallest absolute Gasteiger partial charge is 0.261 e. The van der Waals surface area contributed by atoms with Crippen LogP contribution >= 0.6 is 0 Å². The Morgan fingerprint density at radius 2 is 2.29 bits per heavy atom. The zero-order valence-electron chi connectivity index (χ0n) is 8.83. The monoisotopic (exact) mass is 196 g/mol. The molecular weight excluding hydrogens is 180 g/mol. The van der Waals surface area contributed by atoms with Crippen molar-refractivity contribution in [3.63, 3.8) is 0 Å². The molecule has 0 aliphatic heterocycles. The van der Waals surface area contributed by atoms with E-state index >= 15 is 0 Å². The number of nitrogens with one attached hydrogen (secondary N) is 1. The van der Waals surface area contributed by atoms with Crippen LogP contribution in [0.3, 0.4) is 0 Å². The van der Waals surface area contributed by atoms with E-state index in [9.17, 15) is 4.79 Å². The van der Waals surface area contributed by atoms with Gasteiger partial charge < -0.3 is 10.1 Å². The van der Waals surface area contributed by atoms with Gasteiger partial charge >= 0.3 is 0 Å². The number of hydrogen-bond donors (Lipinski definition) is 1. The minimum atomic E-state index is -0.335. The number of methoxy groups -OCH3 is 1. The molecule has 0 saturated heterocycles. The summed E-state index contributed by atoms with van der Waals surface area (Å²) < 4.78 is 4.77.